The quantitative estimate of drug-likeness (QED) is 0.713. The van der Waals surface area contributed by atoms with Gasteiger partial charge in [0.05, 0.1) is 17.1 Å². The van der Waals surface area contributed by atoms with Gasteiger partial charge in [0.2, 0.25) is 0 Å². The Labute approximate surface area is 93.7 Å². The van der Waals surface area contributed by atoms with Crippen molar-refractivity contribution in [2.24, 2.45) is 0 Å². The van der Waals surface area contributed by atoms with Crippen LogP contribution >= 0.6 is 0 Å². The van der Waals surface area contributed by atoms with Gasteiger partial charge in [0, 0.05) is 11.7 Å². The molecule has 3 N–H and O–H groups in total. The van der Waals surface area contributed by atoms with E-state index in [0.29, 0.717) is 6.04 Å². The van der Waals surface area contributed by atoms with E-state index in [1.165, 1.54) is 0 Å². The monoisotopic (exact) mass is 217 g/mol. The summed E-state index contributed by atoms with van der Waals surface area (Å²) in [5.74, 6) is 0.998. The smallest absolute Gasteiger partial charge is 0.106 e. The third-order valence-electron chi connectivity index (χ3n) is 3.34. The molecule has 3 rings (SSSR count). The summed E-state index contributed by atoms with van der Waals surface area (Å²) >= 11 is 0. The van der Waals surface area contributed by atoms with E-state index in [-0.39, 0.29) is 6.10 Å². The van der Waals surface area contributed by atoms with Crippen molar-refractivity contribution in [1.82, 2.24) is 9.55 Å². The third kappa shape index (κ3) is 1.30. The van der Waals surface area contributed by atoms with Crippen molar-refractivity contribution in [3.8, 4) is 0 Å². The number of benzene rings is 1. The Bertz CT molecular complexity index is 540. The predicted octanol–water partition coefficient (Wildman–Crippen LogP) is 1.62. The SMILES string of the molecule is Cc1nc2cc(N)ccc2n1C1CC(O)C1. The fourth-order valence-electron chi connectivity index (χ4n) is 2.47. The number of aliphatic hydroxyl groups is 1. The molecule has 0 amide bonds. The molecular weight excluding hydrogens is 202 g/mol. The van der Waals surface area contributed by atoms with Crippen molar-refractivity contribution >= 4 is 16.7 Å². The molecule has 84 valence electrons. The van der Waals surface area contributed by atoms with Gasteiger partial charge in [0.15, 0.2) is 0 Å². The number of hydrogen-bond acceptors (Lipinski definition) is 3. The average molecular weight is 217 g/mol. The van der Waals surface area contributed by atoms with Crippen molar-refractivity contribution < 1.29 is 5.11 Å². The molecule has 0 saturated heterocycles. The number of hydrogen-bond donors (Lipinski definition) is 2. The van der Waals surface area contributed by atoms with Crippen LogP contribution in [0.3, 0.4) is 0 Å². The molecule has 0 unspecified atom stereocenters. The Morgan fingerprint density at radius 3 is 2.88 bits per heavy atom. The third-order valence-corrected chi connectivity index (χ3v) is 3.34. The summed E-state index contributed by atoms with van der Waals surface area (Å²) in [5.41, 5.74) is 8.54. The van der Waals surface area contributed by atoms with E-state index < -0.39 is 0 Å². The first-order valence-corrected chi connectivity index (χ1v) is 5.57. The van der Waals surface area contributed by atoms with E-state index in [4.69, 9.17) is 5.73 Å². The van der Waals surface area contributed by atoms with Crippen LogP contribution in [-0.4, -0.2) is 20.8 Å². The van der Waals surface area contributed by atoms with Crippen molar-refractivity contribution in [1.29, 1.82) is 0 Å². The van der Waals surface area contributed by atoms with E-state index in [1.807, 2.05) is 25.1 Å². The number of rotatable bonds is 1. The maximum Gasteiger partial charge on any atom is 0.106 e. The molecule has 0 bridgehead atoms. The predicted molar refractivity (Wildman–Crippen MR) is 63.2 cm³/mol. The second-order valence-electron chi connectivity index (χ2n) is 4.56. The minimum atomic E-state index is -0.143. The van der Waals surface area contributed by atoms with E-state index in [9.17, 15) is 5.11 Å². The number of anilines is 1. The summed E-state index contributed by atoms with van der Waals surface area (Å²) < 4.78 is 2.21. The molecule has 4 heteroatoms. The van der Waals surface area contributed by atoms with Gasteiger partial charge in [-0.3, -0.25) is 0 Å². The van der Waals surface area contributed by atoms with Gasteiger partial charge in [-0.2, -0.15) is 0 Å². The molecule has 0 radical (unpaired) electrons. The Hall–Kier alpha value is -1.55. The Morgan fingerprint density at radius 2 is 2.19 bits per heavy atom. The highest BCUT2D eigenvalue weighted by Gasteiger charge is 2.30. The zero-order chi connectivity index (χ0) is 11.3. The number of imidazole rings is 1. The van der Waals surface area contributed by atoms with Crippen molar-refractivity contribution in [2.45, 2.75) is 31.9 Å². The number of aryl methyl sites for hydroxylation is 1. The van der Waals surface area contributed by atoms with Gasteiger partial charge >= 0.3 is 0 Å². The van der Waals surface area contributed by atoms with Gasteiger partial charge in [-0.1, -0.05) is 0 Å². The van der Waals surface area contributed by atoms with Crippen LogP contribution in [0.25, 0.3) is 11.0 Å². The summed E-state index contributed by atoms with van der Waals surface area (Å²) in [6.07, 6.45) is 1.52. The van der Waals surface area contributed by atoms with Crippen LogP contribution in [0.2, 0.25) is 0 Å². The van der Waals surface area contributed by atoms with Gasteiger partial charge in [-0.25, -0.2) is 4.98 Å². The molecule has 16 heavy (non-hydrogen) atoms. The van der Waals surface area contributed by atoms with E-state index in [2.05, 4.69) is 9.55 Å². The molecule has 0 spiro atoms. The molecule has 1 heterocycles. The first-order valence-electron chi connectivity index (χ1n) is 5.57. The second kappa shape index (κ2) is 3.22. The molecule has 1 saturated carbocycles. The number of nitrogens with zero attached hydrogens (tertiary/aromatic N) is 2. The van der Waals surface area contributed by atoms with Crippen LogP contribution < -0.4 is 5.73 Å². The molecule has 1 aliphatic carbocycles. The zero-order valence-electron chi connectivity index (χ0n) is 9.22. The highest BCUT2D eigenvalue weighted by atomic mass is 16.3. The summed E-state index contributed by atoms with van der Waals surface area (Å²) in [7, 11) is 0. The lowest BCUT2D eigenvalue weighted by Crippen LogP contribution is -2.31. The normalized spacial score (nSPS) is 24.6. The highest BCUT2D eigenvalue weighted by Crippen LogP contribution is 2.35. The molecule has 4 nitrogen and oxygen atoms in total. The molecule has 0 atom stereocenters. The second-order valence-corrected chi connectivity index (χ2v) is 4.56. The average Bonchev–Trinajstić information content (AvgIpc) is 2.48. The van der Waals surface area contributed by atoms with Gasteiger partial charge in [0.1, 0.15) is 5.82 Å². The van der Waals surface area contributed by atoms with Crippen molar-refractivity contribution in [2.75, 3.05) is 5.73 Å². The number of nitrogens with two attached hydrogens (primary N) is 1. The van der Waals surface area contributed by atoms with Crippen LogP contribution in [0, 0.1) is 6.92 Å². The van der Waals surface area contributed by atoms with Crippen LogP contribution in [0.4, 0.5) is 5.69 Å². The minimum Gasteiger partial charge on any atom is -0.399 e. The largest absolute Gasteiger partial charge is 0.399 e. The molecule has 1 aliphatic rings. The molecule has 0 aliphatic heterocycles. The molecule has 1 aromatic heterocycles. The lowest BCUT2D eigenvalue weighted by Gasteiger charge is -2.33. The van der Waals surface area contributed by atoms with Crippen LogP contribution in [0.15, 0.2) is 18.2 Å². The summed E-state index contributed by atoms with van der Waals surface area (Å²) in [6, 6.07) is 6.20. The zero-order valence-corrected chi connectivity index (χ0v) is 9.22. The van der Waals surface area contributed by atoms with Crippen molar-refractivity contribution in [3.63, 3.8) is 0 Å². The summed E-state index contributed by atoms with van der Waals surface area (Å²) in [4.78, 5) is 4.50. The Kier molecular flexibility index (Phi) is 1.94. The standard InChI is InChI=1S/C12H15N3O/c1-7-14-11-4-8(13)2-3-12(11)15(7)9-5-10(16)6-9/h2-4,9-10,16H,5-6,13H2,1H3. The topological polar surface area (TPSA) is 64.1 Å². The highest BCUT2D eigenvalue weighted by molar-refractivity contribution is 5.79. The molecule has 1 fully saturated rings. The Morgan fingerprint density at radius 1 is 1.44 bits per heavy atom. The number of fused-ring (bicyclic) bond motifs is 1. The first-order chi connectivity index (χ1) is 7.65. The van der Waals surface area contributed by atoms with Crippen LogP contribution in [-0.2, 0) is 0 Å². The van der Waals surface area contributed by atoms with Crippen molar-refractivity contribution in [3.05, 3.63) is 24.0 Å². The van der Waals surface area contributed by atoms with Gasteiger partial charge in [0.25, 0.3) is 0 Å². The fraction of sp³-hybridized carbons (Fsp3) is 0.417. The molecule has 1 aromatic carbocycles. The minimum absolute atomic E-state index is 0.143. The summed E-state index contributed by atoms with van der Waals surface area (Å²) in [5, 5.41) is 9.37. The van der Waals surface area contributed by atoms with Crippen LogP contribution in [0.1, 0.15) is 24.7 Å². The summed E-state index contributed by atoms with van der Waals surface area (Å²) in [6.45, 7) is 2.00. The fourth-order valence-corrected chi connectivity index (χ4v) is 2.47. The van der Waals surface area contributed by atoms with Gasteiger partial charge < -0.3 is 15.4 Å². The van der Waals surface area contributed by atoms with Gasteiger partial charge in [-0.05, 0) is 38.0 Å². The maximum atomic E-state index is 9.37. The first kappa shape index (κ1) is 9.66. The molecule has 2 aromatic rings. The molecular formula is C12H15N3O. The van der Waals surface area contributed by atoms with E-state index >= 15 is 0 Å². The van der Waals surface area contributed by atoms with Crippen LogP contribution in [0.5, 0.6) is 0 Å². The lowest BCUT2D eigenvalue weighted by molar-refractivity contribution is 0.0494. The van der Waals surface area contributed by atoms with E-state index in [0.717, 1.165) is 35.4 Å². The maximum absolute atomic E-state index is 9.37. The van der Waals surface area contributed by atoms with E-state index in [1.54, 1.807) is 0 Å². The number of nitrogen functional groups attached to an aromatic ring is 1. The number of aromatic nitrogens is 2. The van der Waals surface area contributed by atoms with Gasteiger partial charge in [-0.15, -0.1) is 0 Å². The number of aliphatic hydroxyl groups excluding tert-OH is 1. The Balaban J connectivity index is 2.13. The lowest BCUT2D eigenvalue weighted by atomic mass is 9.89.